The van der Waals surface area contributed by atoms with E-state index in [-0.39, 0.29) is 30.1 Å². The Bertz CT molecular complexity index is 997. The van der Waals surface area contributed by atoms with Crippen LogP contribution in [0, 0.1) is 0 Å². The quantitative estimate of drug-likeness (QED) is 0.620. The van der Waals surface area contributed by atoms with Gasteiger partial charge in [0.15, 0.2) is 17.0 Å². The second kappa shape index (κ2) is 7.45. The number of esters is 1. The molecule has 0 radical (unpaired) electrons. The summed E-state index contributed by atoms with van der Waals surface area (Å²) in [6, 6.07) is 6.62. The Labute approximate surface area is 158 Å². The molecule has 0 N–H and O–H groups in total. The van der Waals surface area contributed by atoms with Gasteiger partial charge in [-0.15, -0.1) is 0 Å². The highest BCUT2D eigenvalue weighted by Gasteiger charge is 2.36. The van der Waals surface area contributed by atoms with Gasteiger partial charge in [-0.2, -0.15) is 13.2 Å². The third-order valence-electron chi connectivity index (χ3n) is 3.94. The molecule has 0 fully saturated rings. The van der Waals surface area contributed by atoms with Crippen molar-refractivity contribution in [3.8, 4) is 0 Å². The number of carbonyl (C=O) groups is 1. The van der Waals surface area contributed by atoms with Crippen LogP contribution in [0.15, 0.2) is 30.6 Å². The van der Waals surface area contributed by atoms with Gasteiger partial charge in [-0.05, 0) is 24.6 Å². The SMILES string of the molecule is CCOC(=O)c1ccc(Cn2cnc3c(N(C)C)nc(C(F)(F)F)nc32)cc1. The van der Waals surface area contributed by atoms with Gasteiger partial charge < -0.3 is 14.2 Å². The van der Waals surface area contributed by atoms with E-state index < -0.39 is 18.0 Å². The Balaban J connectivity index is 1.97. The Hall–Kier alpha value is -3.17. The lowest BCUT2D eigenvalue weighted by atomic mass is 10.1. The van der Waals surface area contributed by atoms with E-state index in [0.29, 0.717) is 5.56 Å². The summed E-state index contributed by atoms with van der Waals surface area (Å²) < 4.78 is 46.0. The molecule has 2 heterocycles. The number of anilines is 1. The Morgan fingerprint density at radius 3 is 2.43 bits per heavy atom. The van der Waals surface area contributed by atoms with Crippen molar-refractivity contribution in [1.82, 2.24) is 19.5 Å². The summed E-state index contributed by atoms with van der Waals surface area (Å²) in [7, 11) is 3.18. The second-order valence-corrected chi connectivity index (χ2v) is 6.23. The maximum atomic E-state index is 13.2. The van der Waals surface area contributed by atoms with E-state index >= 15 is 0 Å². The number of hydrogen-bond acceptors (Lipinski definition) is 6. The van der Waals surface area contributed by atoms with Crippen molar-refractivity contribution in [2.75, 3.05) is 25.6 Å². The summed E-state index contributed by atoms with van der Waals surface area (Å²) in [5.74, 6) is -1.56. The molecule has 0 amide bonds. The molecule has 0 spiro atoms. The molecule has 2 aromatic heterocycles. The Kier molecular flexibility index (Phi) is 5.21. The van der Waals surface area contributed by atoms with E-state index in [1.807, 2.05) is 0 Å². The molecule has 0 aliphatic carbocycles. The summed E-state index contributed by atoms with van der Waals surface area (Å²) in [5.41, 5.74) is 1.53. The molecule has 0 atom stereocenters. The van der Waals surface area contributed by atoms with Crippen molar-refractivity contribution in [3.05, 3.63) is 47.5 Å². The minimum absolute atomic E-state index is 0.0838. The highest BCUT2D eigenvalue weighted by Crippen LogP contribution is 2.30. The van der Waals surface area contributed by atoms with Crippen molar-refractivity contribution >= 4 is 23.0 Å². The third kappa shape index (κ3) is 3.90. The average Bonchev–Trinajstić information content (AvgIpc) is 3.03. The number of rotatable bonds is 5. The van der Waals surface area contributed by atoms with Crippen LogP contribution in [0.3, 0.4) is 0 Å². The molecule has 3 aromatic rings. The molecule has 148 valence electrons. The van der Waals surface area contributed by atoms with Crippen LogP contribution in [0.2, 0.25) is 0 Å². The zero-order valence-corrected chi connectivity index (χ0v) is 15.5. The summed E-state index contributed by atoms with van der Waals surface area (Å²) in [4.78, 5) is 24.6. The highest BCUT2D eigenvalue weighted by molar-refractivity contribution is 5.89. The van der Waals surface area contributed by atoms with Gasteiger partial charge in [0.05, 0.1) is 25.0 Å². The number of imidazole rings is 1. The highest BCUT2D eigenvalue weighted by atomic mass is 19.4. The third-order valence-corrected chi connectivity index (χ3v) is 3.94. The number of carbonyl (C=O) groups excluding carboxylic acids is 1. The van der Waals surface area contributed by atoms with Gasteiger partial charge in [0.2, 0.25) is 5.82 Å². The van der Waals surface area contributed by atoms with Crippen molar-refractivity contribution < 1.29 is 22.7 Å². The number of aromatic nitrogens is 4. The van der Waals surface area contributed by atoms with E-state index in [1.54, 1.807) is 45.3 Å². The summed E-state index contributed by atoms with van der Waals surface area (Å²) in [5, 5.41) is 0. The molecule has 3 rings (SSSR count). The van der Waals surface area contributed by atoms with Crippen molar-refractivity contribution in [2.45, 2.75) is 19.6 Å². The molecule has 0 saturated heterocycles. The van der Waals surface area contributed by atoms with E-state index in [1.165, 1.54) is 15.8 Å². The molecular weight excluding hydrogens is 375 g/mol. The smallest absolute Gasteiger partial charge is 0.451 e. The fourth-order valence-corrected chi connectivity index (χ4v) is 2.64. The van der Waals surface area contributed by atoms with Crippen LogP contribution >= 0.6 is 0 Å². The van der Waals surface area contributed by atoms with Crippen LogP contribution in [0.4, 0.5) is 19.0 Å². The molecular formula is C18H18F3N5O2. The molecule has 1 aromatic carbocycles. The molecule has 0 unspecified atom stereocenters. The minimum atomic E-state index is -4.67. The average molecular weight is 393 g/mol. The topological polar surface area (TPSA) is 73.1 Å². The van der Waals surface area contributed by atoms with Crippen LogP contribution in [0.5, 0.6) is 0 Å². The number of fused-ring (bicyclic) bond motifs is 1. The Morgan fingerprint density at radius 2 is 1.86 bits per heavy atom. The molecule has 28 heavy (non-hydrogen) atoms. The normalized spacial score (nSPS) is 11.6. The maximum absolute atomic E-state index is 13.2. The van der Waals surface area contributed by atoms with E-state index in [2.05, 4.69) is 15.0 Å². The van der Waals surface area contributed by atoms with E-state index in [9.17, 15) is 18.0 Å². The Morgan fingerprint density at radius 1 is 1.18 bits per heavy atom. The predicted molar refractivity (Wildman–Crippen MR) is 96.2 cm³/mol. The second-order valence-electron chi connectivity index (χ2n) is 6.23. The standard InChI is InChI=1S/C18H18F3N5O2/c1-4-28-16(27)12-7-5-11(6-8-12)9-26-10-22-13-14(25(2)3)23-17(18(19,20)21)24-15(13)26/h5-8,10H,4,9H2,1-3H3. The molecule has 0 bridgehead atoms. The first-order valence-corrected chi connectivity index (χ1v) is 8.44. The molecule has 0 aliphatic rings. The summed E-state index contributed by atoms with van der Waals surface area (Å²) >= 11 is 0. The van der Waals surface area contributed by atoms with Gasteiger partial charge in [0.25, 0.3) is 0 Å². The molecule has 10 heteroatoms. The zero-order chi connectivity index (χ0) is 20.5. The number of halogens is 3. The largest absolute Gasteiger partial charge is 0.462 e. The van der Waals surface area contributed by atoms with Crippen molar-refractivity contribution in [1.29, 1.82) is 0 Å². The van der Waals surface area contributed by atoms with Gasteiger partial charge in [0.1, 0.15) is 0 Å². The lowest BCUT2D eigenvalue weighted by molar-refractivity contribution is -0.144. The van der Waals surface area contributed by atoms with Gasteiger partial charge in [-0.1, -0.05) is 12.1 Å². The molecule has 0 aliphatic heterocycles. The fourth-order valence-electron chi connectivity index (χ4n) is 2.64. The number of ether oxygens (including phenoxy) is 1. The zero-order valence-electron chi connectivity index (χ0n) is 15.5. The molecule has 0 saturated carbocycles. The number of hydrogen-bond donors (Lipinski definition) is 0. The monoisotopic (exact) mass is 393 g/mol. The molecule has 7 nitrogen and oxygen atoms in total. The number of nitrogens with zero attached hydrogens (tertiary/aromatic N) is 5. The lowest BCUT2D eigenvalue weighted by Gasteiger charge is -2.14. The number of alkyl halides is 3. The first-order chi connectivity index (χ1) is 13.2. The van der Waals surface area contributed by atoms with Gasteiger partial charge in [-0.25, -0.2) is 19.7 Å². The van der Waals surface area contributed by atoms with Crippen LogP contribution in [0.1, 0.15) is 28.7 Å². The van der Waals surface area contributed by atoms with Gasteiger partial charge >= 0.3 is 12.1 Å². The van der Waals surface area contributed by atoms with E-state index in [4.69, 9.17) is 4.74 Å². The van der Waals surface area contributed by atoms with Crippen molar-refractivity contribution in [2.24, 2.45) is 0 Å². The predicted octanol–water partition coefficient (Wildman–Crippen LogP) is 3.14. The number of benzene rings is 1. The first kappa shape index (κ1) is 19.6. The van der Waals surface area contributed by atoms with Gasteiger partial charge in [0, 0.05) is 14.1 Å². The van der Waals surface area contributed by atoms with Crippen LogP contribution < -0.4 is 4.90 Å². The summed E-state index contributed by atoms with van der Waals surface area (Å²) in [6.07, 6.45) is -3.25. The van der Waals surface area contributed by atoms with Crippen LogP contribution in [-0.4, -0.2) is 46.2 Å². The van der Waals surface area contributed by atoms with Crippen LogP contribution in [-0.2, 0) is 17.5 Å². The van der Waals surface area contributed by atoms with E-state index in [0.717, 1.165) is 5.56 Å². The summed E-state index contributed by atoms with van der Waals surface area (Å²) in [6.45, 7) is 2.23. The maximum Gasteiger partial charge on any atom is 0.451 e. The van der Waals surface area contributed by atoms with Crippen molar-refractivity contribution in [3.63, 3.8) is 0 Å². The van der Waals surface area contributed by atoms with Gasteiger partial charge in [-0.3, -0.25) is 0 Å². The lowest BCUT2D eigenvalue weighted by Crippen LogP contribution is -2.18. The van der Waals surface area contributed by atoms with Crippen LogP contribution in [0.25, 0.3) is 11.2 Å². The first-order valence-electron chi connectivity index (χ1n) is 8.44. The minimum Gasteiger partial charge on any atom is -0.462 e. The fraction of sp³-hybridized carbons (Fsp3) is 0.333.